The lowest BCUT2D eigenvalue weighted by atomic mass is 10.0. The average Bonchev–Trinajstić information content (AvgIpc) is 3.10. The summed E-state index contributed by atoms with van der Waals surface area (Å²) in [7, 11) is 0. The minimum Gasteiger partial charge on any atom is -0.355 e. The Morgan fingerprint density at radius 1 is 1.19 bits per heavy atom. The topological polar surface area (TPSA) is 73.8 Å². The Bertz CT molecular complexity index is 935. The van der Waals surface area contributed by atoms with Crippen LogP contribution in [-0.2, 0) is 6.42 Å². The third-order valence-electron chi connectivity index (χ3n) is 5.43. The number of aryl methyl sites for hydroxylation is 1. The number of piperidine rings is 1. The van der Waals surface area contributed by atoms with Gasteiger partial charge >= 0.3 is 0 Å². The van der Waals surface area contributed by atoms with Crippen LogP contribution in [0.3, 0.4) is 0 Å². The maximum Gasteiger partial charge on any atom is 0.183 e. The van der Waals surface area contributed by atoms with Crippen molar-refractivity contribution >= 4 is 28.5 Å². The van der Waals surface area contributed by atoms with E-state index in [4.69, 9.17) is 9.97 Å². The van der Waals surface area contributed by atoms with E-state index < -0.39 is 0 Å². The van der Waals surface area contributed by atoms with Crippen LogP contribution in [0.2, 0.25) is 0 Å². The molecule has 3 aromatic heterocycles. The molecule has 0 radical (unpaired) electrons. The van der Waals surface area contributed by atoms with E-state index >= 15 is 0 Å². The van der Waals surface area contributed by atoms with E-state index in [0.717, 1.165) is 66.7 Å². The van der Waals surface area contributed by atoms with Crippen molar-refractivity contribution in [3.63, 3.8) is 0 Å². The number of hydrogen-bond donors (Lipinski definition) is 1. The first kappa shape index (κ1) is 15.5. The monoisotopic (exact) mass is 349 g/mol. The summed E-state index contributed by atoms with van der Waals surface area (Å²) in [5.41, 5.74) is 3.84. The standard InChI is InChI=1S/C19H23N7/c1-13-5-3-9-25(12-13)16-11-21-17-18(22-16)23-24-19(17)26-10-4-6-14-15(26)7-2-8-20-14/h2,7-8,11,13H,3-6,9-10,12H2,1H3,(H,22,23,24). The number of rotatable bonds is 2. The fourth-order valence-corrected chi connectivity index (χ4v) is 4.13. The Labute approximate surface area is 152 Å². The summed E-state index contributed by atoms with van der Waals surface area (Å²) in [5, 5.41) is 7.64. The van der Waals surface area contributed by atoms with E-state index in [9.17, 15) is 0 Å². The van der Waals surface area contributed by atoms with Gasteiger partial charge in [-0.2, -0.15) is 5.10 Å². The Kier molecular flexibility index (Phi) is 3.72. The van der Waals surface area contributed by atoms with Gasteiger partial charge in [0, 0.05) is 25.8 Å². The van der Waals surface area contributed by atoms with Gasteiger partial charge in [0.05, 0.1) is 17.6 Å². The predicted octanol–water partition coefficient (Wildman–Crippen LogP) is 3.07. The van der Waals surface area contributed by atoms with Crippen molar-refractivity contribution < 1.29 is 0 Å². The summed E-state index contributed by atoms with van der Waals surface area (Å²) in [6, 6.07) is 4.09. The number of fused-ring (bicyclic) bond motifs is 2. The van der Waals surface area contributed by atoms with Crippen LogP contribution in [0.1, 0.15) is 31.9 Å². The minimum absolute atomic E-state index is 0.705. The molecule has 5 rings (SSSR count). The Morgan fingerprint density at radius 2 is 2.15 bits per heavy atom. The molecule has 0 saturated carbocycles. The highest BCUT2D eigenvalue weighted by atomic mass is 15.3. The molecule has 0 aliphatic carbocycles. The van der Waals surface area contributed by atoms with Crippen molar-refractivity contribution in [2.75, 3.05) is 29.4 Å². The molecule has 134 valence electrons. The molecular formula is C19H23N7. The first-order chi connectivity index (χ1) is 12.8. The van der Waals surface area contributed by atoms with E-state index in [1.165, 1.54) is 12.8 Å². The van der Waals surface area contributed by atoms with Gasteiger partial charge in [-0.25, -0.2) is 9.97 Å². The molecular weight excluding hydrogens is 326 g/mol. The summed E-state index contributed by atoms with van der Waals surface area (Å²) in [6.07, 6.45) is 8.34. The summed E-state index contributed by atoms with van der Waals surface area (Å²) in [5.74, 6) is 2.50. The molecule has 3 aromatic rings. The van der Waals surface area contributed by atoms with Crippen LogP contribution in [0.5, 0.6) is 0 Å². The van der Waals surface area contributed by atoms with Gasteiger partial charge in [-0.05, 0) is 43.7 Å². The van der Waals surface area contributed by atoms with Gasteiger partial charge in [-0.1, -0.05) is 6.92 Å². The Balaban J connectivity index is 1.51. The number of hydrogen-bond acceptors (Lipinski definition) is 6. The first-order valence-corrected chi connectivity index (χ1v) is 9.47. The van der Waals surface area contributed by atoms with Crippen molar-refractivity contribution in [2.45, 2.75) is 32.6 Å². The maximum atomic E-state index is 4.81. The molecule has 0 aromatic carbocycles. The molecule has 1 N–H and O–H groups in total. The van der Waals surface area contributed by atoms with Gasteiger partial charge < -0.3 is 9.80 Å². The van der Waals surface area contributed by atoms with Gasteiger partial charge in [0.2, 0.25) is 0 Å². The molecule has 1 unspecified atom stereocenters. The average molecular weight is 349 g/mol. The van der Waals surface area contributed by atoms with E-state index in [-0.39, 0.29) is 0 Å². The second-order valence-corrected chi connectivity index (χ2v) is 7.39. The van der Waals surface area contributed by atoms with Gasteiger partial charge in [-0.15, -0.1) is 0 Å². The molecule has 0 amide bonds. The normalized spacial score (nSPS) is 20.4. The number of nitrogens with zero attached hydrogens (tertiary/aromatic N) is 6. The van der Waals surface area contributed by atoms with Gasteiger partial charge in [0.15, 0.2) is 17.0 Å². The second kappa shape index (κ2) is 6.23. The summed E-state index contributed by atoms with van der Waals surface area (Å²) in [4.78, 5) is 18.6. The Hall–Kier alpha value is -2.70. The van der Waals surface area contributed by atoms with Crippen molar-refractivity contribution in [3.8, 4) is 0 Å². The molecule has 0 bridgehead atoms. The van der Waals surface area contributed by atoms with Crippen molar-refractivity contribution in [1.29, 1.82) is 0 Å². The number of pyridine rings is 1. The third-order valence-corrected chi connectivity index (χ3v) is 5.43. The predicted molar refractivity (Wildman–Crippen MR) is 102 cm³/mol. The molecule has 2 aliphatic rings. The van der Waals surface area contributed by atoms with E-state index in [0.29, 0.717) is 5.92 Å². The summed E-state index contributed by atoms with van der Waals surface area (Å²) in [6.45, 7) is 5.32. The van der Waals surface area contributed by atoms with Crippen LogP contribution in [0.25, 0.3) is 11.2 Å². The van der Waals surface area contributed by atoms with Crippen LogP contribution < -0.4 is 9.80 Å². The molecule has 5 heterocycles. The highest BCUT2D eigenvalue weighted by Crippen LogP contribution is 2.34. The molecule has 7 heteroatoms. The molecule has 2 aliphatic heterocycles. The quantitative estimate of drug-likeness (QED) is 0.766. The number of anilines is 3. The van der Waals surface area contributed by atoms with E-state index in [1.54, 1.807) is 0 Å². The number of nitrogens with one attached hydrogen (secondary N) is 1. The fraction of sp³-hybridized carbons (Fsp3) is 0.474. The largest absolute Gasteiger partial charge is 0.355 e. The molecule has 7 nitrogen and oxygen atoms in total. The summed E-state index contributed by atoms with van der Waals surface area (Å²) >= 11 is 0. The fourth-order valence-electron chi connectivity index (χ4n) is 4.13. The number of H-pyrrole nitrogens is 1. The lowest BCUT2D eigenvalue weighted by Gasteiger charge is -2.31. The number of aromatic amines is 1. The highest BCUT2D eigenvalue weighted by Gasteiger charge is 2.24. The highest BCUT2D eigenvalue weighted by molar-refractivity contribution is 5.87. The van der Waals surface area contributed by atoms with Crippen molar-refractivity contribution in [3.05, 3.63) is 30.2 Å². The third kappa shape index (κ3) is 2.58. The SMILES string of the molecule is CC1CCCN(c2cnc3c(N4CCCc5ncccc54)n[nH]c3n2)C1. The zero-order valence-corrected chi connectivity index (χ0v) is 15.0. The van der Waals surface area contributed by atoms with Crippen molar-refractivity contribution in [2.24, 2.45) is 5.92 Å². The zero-order valence-electron chi connectivity index (χ0n) is 15.0. The van der Waals surface area contributed by atoms with E-state index in [1.807, 2.05) is 18.5 Å². The van der Waals surface area contributed by atoms with E-state index in [2.05, 4.69) is 38.0 Å². The van der Waals surface area contributed by atoms with Crippen LogP contribution >= 0.6 is 0 Å². The second-order valence-electron chi connectivity index (χ2n) is 7.39. The molecule has 26 heavy (non-hydrogen) atoms. The lowest BCUT2D eigenvalue weighted by Crippen LogP contribution is -2.34. The van der Waals surface area contributed by atoms with Crippen LogP contribution in [-0.4, -0.2) is 44.8 Å². The maximum absolute atomic E-state index is 4.81. The smallest absolute Gasteiger partial charge is 0.183 e. The molecule has 0 spiro atoms. The summed E-state index contributed by atoms with van der Waals surface area (Å²) < 4.78 is 0. The molecule has 1 atom stereocenters. The van der Waals surface area contributed by atoms with Crippen LogP contribution in [0.4, 0.5) is 17.3 Å². The van der Waals surface area contributed by atoms with Gasteiger partial charge in [-0.3, -0.25) is 10.1 Å². The number of aromatic nitrogens is 5. The molecule has 1 fully saturated rings. The minimum atomic E-state index is 0.705. The van der Waals surface area contributed by atoms with Gasteiger partial charge in [0.25, 0.3) is 0 Å². The first-order valence-electron chi connectivity index (χ1n) is 9.47. The van der Waals surface area contributed by atoms with Crippen molar-refractivity contribution in [1.82, 2.24) is 25.1 Å². The zero-order chi connectivity index (χ0) is 17.5. The molecule has 1 saturated heterocycles. The van der Waals surface area contributed by atoms with Gasteiger partial charge in [0.1, 0.15) is 5.82 Å². The Morgan fingerprint density at radius 3 is 3.08 bits per heavy atom. The van der Waals surface area contributed by atoms with Crippen LogP contribution in [0.15, 0.2) is 24.5 Å². The lowest BCUT2D eigenvalue weighted by molar-refractivity contribution is 0.444. The van der Waals surface area contributed by atoms with Crippen LogP contribution in [0, 0.1) is 5.92 Å².